The SMILES string of the molecule is COc1ccc(OCCN(C)C(=O)N[C@@H](C)c2nncn2C)cc1. The molecule has 1 aromatic carbocycles. The Balaban J connectivity index is 1.76. The molecule has 0 aliphatic rings. The van der Waals surface area contributed by atoms with Crippen LogP contribution in [-0.2, 0) is 7.05 Å². The molecule has 0 saturated heterocycles. The number of aryl methyl sites for hydroxylation is 1. The molecular weight excluding hydrogens is 310 g/mol. The van der Waals surface area contributed by atoms with Crippen molar-refractivity contribution in [1.29, 1.82) is 0 Å². The first-order valence-electron chi connectivity index (χ1n) is 7.63. The number of nitrogens with one attached hydrogen (secondary N) is 1. The molecule has 2 amide bonds. The van der Waals surface area contributed by atoms with Gasteiger partial charge in [0.05, 0.1) is 19.7 Å². The van der Waals surface area contributed by atoms with Gasteiger partial charge in [-0.3, -0.25) is 0 Å². The zero-order valence-electron chi connectivity index (χ0n) is 14.4. The highest BCUT2D eigenvalue weighted by Gasteiger charge is 2.16. The second kappa shape index (κ2) is 8.19. The van der Waals surface area contributed by atoms with Gasteiger partial charge in [-0.05, 0) is 31.2 Å². The molecule has 1 aromatic heterocycles. The van der Waals surface area contributed by atoms with E-state index in [1.54, 1.807) is 30.0 Å². The maximum atomic E-state index is 12.2. The number of aromatic nitrogens is 3. The first kappa shape index (κ1) is 17.6. The van der Waals surface area contributed by atoms with Gasteiger partial charge in [0, 0.05) is 14.1 Å². The minimum absolute atomic E-state index is 0.191. The Morgan fingerprint density at radius 2 is 2.00 bits per heavy atom. The summed E-state index contributed by atoms with van der Waals surface area (Å²) in [6.07, 6.45) is 1.60. The number of hydrogen-bond donors (Lipinski definition) is 1. The Morgan fingerprint density at radius 1 is 1.33 bits per heavy atom. The van der Waals surface area contributed by atoms with Gasteiger partial charge in [-0.1, -0.05) is 0 Å². The number of likely N-dealkylation sites (N-methyl/N-ethyl adjacent to an activating group) is 1. The molecule has 0 aliphatic carbocycles. The summed E-state index contributed by atoms with van der Waals surface area (Å²) < 4.78 is 12.5. The van der Waals surface area contributed by atoms with Crippen LogP contribution in [-0.4, -0.2) is 53.0 Å². The summed E-state index contributed by atoms with van der Waals surface area (Å²) in [5, 5.41) is 10.7. The van der Waals surface area contributed by atoms with E-state index in [-0.39, 0.29) is 12.1 Å². The van der Waals surface area contributed by atoms with E-state index in [1.807, 2.05) is 38.2 Å². The third-order valence-corrected chi connectivity index (χ3v) is 3.58. The summed E-state index contributed by atoms with van der Waals surface area (Å²) in [6.45, 7) is 2.72. The van der Waals surface area contributed by atoms with Gasteiger partial charge in [0.2, 0.25) is 0 Å². The highest BCUT2D eigenvalue weighted by Crippen LogP contribution is 2.16. The van der Waals surface area contributed by atoms with Gasteiger partial charge < -0.3 is 24.3 Å². The minimum Gasteiger partial charge on any atom is -0.497 e. The van der Waals surface area contributed by atoms with Gasteiger partial charge in [0.1, 0.15) is 24.4 Å². The number of urea groups is 1. The van der Waals surface area contributed by atoms with E-state index >= 15 is 0 Å². The summed E-state index contributed by atoms with van der Waals surface area (Å²) >= 11 is 0. The van der Waals surface area contributed by atoms with E-state index < -0.39 is 0 Å². The third kappa shape index (κ3) is 4.61. The van der Waals surface area contributed by atoms with Crippen LogP contribution in [0.5, 0.6) is 11.5 Å². The molecule has 0 spiro atoms. The Morgan fingerprint density at radius 3 is 2.58 bits per heavy atom. The van der Waals surface area contributed by atoms with Crippen LogP contribution in [0, 0.1) is 0 Å². The molecule has 2 aromatic rings. The summed E-state index contributed by atoms with van der Waals surface area (Å²) in [7, 11) is 5.17. The second-order valence-electron chi connectivity index (χ2n) is 5.42. The number of ether oxygens (including phenoxy) is 2. The molecule has 1 heterocycles. The van der Waals surface area contributed by atoms with Crippen molar-refractivity contribution in [3.63, 3.8) is 0 Å². The fourth-order valence-corrected chi connectivity index (χ4v) is 2.12. The zero-order chi connectivity index (χ0) is 17.5. The molecular formula is C16H23N5O3. The van der Waals surface area contributed by atoms with Gasteiger partial charge >= 0.3 is 6.03 Å². The number of carbonyl (C=O) groups is 1. The topological polar surface area (TPSA) is 81.5 Å². The van der Waals surface area contributed by atoms with Crippen molar-refractivity contribution < 1.29 is 14.3 Å². The van der Waals surface area contributed by atoms with Gasteiger partial charge in [-0.15, -0.1) is 10.2 Å². The van der Waals surface area contributed by atoms with Crippen LogP contribution in [0.25, 0.3) is 0 Å². The third-order valence-electron chi connectivity index (χ3n) is 3.58. The molecule has 8 nitrogen and oxygen atoms in total. The van der Waals surface area contributed by atoms with Crippen LogP contribution < -0.4 is 14.8 Å². The zero-order valence-corrected chi connectivity index (χ0v) is 14.4. The van der Waals surface area contributed by atoms with Crippen LogP contribution in [0.3, 0.4) is 0 Å². The molecule has 2 rings (SSSR count). The van der Waals surface area contributed by atoms with E-state index in [4.69, 9.17) is 9.47 Å². The number of nitrogens with zero attached hydrogens (tertiary/aromatic N) is 4. The predicted octanol–water partition coefficient (Wildman–Crippen LogP) is 1.61. The summed E-state index contributed by atoms with van der Waals surface area (Å²) in [6, 6.07) is 6.89. The number of methoxy groups -OCH3 is 1. The lowest BCUT2D eigenvalue weighted by Crippen LogP contribution is -2.41. The quantitative estimate of drug-likeness (QED) is 0.832. The molecule has 0 saturated carbocycles. The molecule has 0 fully saturated rings. The van der Waals surface area contributed by atoms with Crippen molar-refractivity contribution in [2.45, 2.75) is 13.0 Å². The molecule has 130 valence electrons. The monoisotopic (exact) mass is 333 g/mol. The molecule has 0 radical (unpaired) electrons. The van der Waals surface area contributed by atoms with E-state index in [2.05, 4.69) is 15.5 Å². The van der Waals surface area contributed by atoms with Crippen molar-refractivity contribution >= 4 is 6.03 Å². The van der Waals surface area contributed by atoms with Crippen LogP contribution in [0.2, 0.25) is 0 Å². The van der Waals surface area contributed by atoms with Gasteiger partial charge in [-0.25, -0.2) is 4.79 Å². The van der Waals surface area contributed by atoms with Gasteiger partial charge in [0.15, 0.2) is 5.82 Å². The first-order chi connectivity index (χ1) is 11.5. The van der Waals surface area contributed by atoms with Crippen LogP contribution >= 0.6 is 0 Å². The number of rotatable bonds is 7. The highest BCUT2D eigenvalue weighted by molar-refractivity contribution is 5.74. The standard InChI is InChI=1S/C16H23N5O3/c1-12(15-19-17-11-21(15)3)18-16(22)20(2)9-10-24-14-7-5-13(23-4)6-8-14/h5-8,11-12H,9-10H2,1-4H3,(H,18,22)/t12-/m0/s1. The lowest BCUT2D eigenvalue weighted by atomic mass is 10.3. The number of carbonyl (C=O) groups excluding carboxylic acids is 1. The normalized spacial score (nSPS) is 11.7. The Hall–Kier alpha value is -2.77. The van der Waals surface area contributed by atoms with Crippen LogP contribution in [0.4, 0.5) is 4.79 Å². The number of benzene rings is 1. The van der Waals surface area contributed by atoms with E-state index in [9.17, 15) is 4.79 Å². The number of amides is 2. The molecule has 0 unspecified atom stereocenters. The molecule has 8 heteroatoms. The molecule has 24 heavy (non-hydrogen) atoms. The first-order valence-corrected chi connectivity index (χ1v) is 7.63. The molecule has 1 N–H and O–H groups in total. The largest absolute Gasteiger partial charge is 0.497 e. The van der Waals surface area contributed by atoms with Gasteiger partial charge in [0.25, 0.3) is 0 Å². The Bertz CT molecular complexity index is 656. The van der Waals surface area contributed by atoms with Crippen molar-refractivity contribution in [3.8, 4) is 11.5 Å². The summed E-state index contributed by atoms with van der Waals surface area (Å²) in [5.41, 5.74) is 0. The van der Waals surface area contributed by atoms with Crippen LogP contribution in [0.15, 0.2) is 30.6 Å². The van der Waals surface area contributed by atoms with Crippen LogP contribution in [0.1, 0.15) is 18.8 Å². The average Bonchev–Trinajstić information content (AvgIpc) is 3.01. The van der Waals surface area contributed by atoms with Gasteiger partial charge in [-0.2, -0.15) is 0 Å². The summed E-state index contributed by atoms with van der Waals surface area (Å²) in [5.74, 6) is 2.21. The Labute approximate surface area is 141 Å². The lowest BCUT2D eigenvalue weighted by molar-refractivity contribution is 0.192. The maximum Gasteiger partial charge on any atom is 0.317 e. The molecule has 0 aliphatic heterocycles. The molecule has 0 bridgehead atoms. The van der Waals surface area contributed by atoms with Crippen molar-refractivity contribution in [2.24, 2.45) is 7.05 Å². The Kier molecular flexibility index (Phi) is 6.00. The fourth-order valence-electron chi connectivity index (χ4n) is 2.12. The van der Waals surface area contributed by atoms with Crippen molar-refractivity contribution in [3.05, 3.63) is 36.4 Å². The van der Waals surface area contributed by atoms with E-state index in [0.29, 0.717) is 19.0 Å². The highest BCUT2D eigenvalue weighted by atomic mass is 16.5. The van der Waals surface area contributed by atoms with Crippen molar-refractivity contribution in [1.82, 2.24) is 25.0 Å². The smallest absolute Gasteiger partial charge is 0.317 e. The molecule has 1 atom stereocenters. The van der Waals surface area contributed by atoms with Crippen molar-refractivity contribution in [2.75, 3.05) is 27.3 Å². The number of hydrogen-bond acceptors (Lipinski definition) is 5. The predicted molar refractivity (Wildman–Crippen MR) is 89.1 cm³/mol. The lowest BCUT2D eigenvalue weighted by Gasteiger charge is -2.21. The second-order valence-corrected chi connectivity index (χ2v) is 5.42. The average molecular weight is 333 g/mol. The fraction of sp³-hybridized carbons (Fsp3) is 0.438. The van der Waals surface area contributed by atoms with E-state index in [0.717, 1.165) is 11.5 Å². The minimum atomic E-state index is -0.227. The van der Waals surface area contributed by atoms with E-state index in [1.165, 1.54) is 0 Å². The summed E-state index contributed by atoms with van der Waals surface area (Å²) in [4.78, 5) is 13.7. The maximum absolute atomic E-state index is 12.2.